The highest BCUT2D eigenvalue weighted by molar-refractivity contribution is 7.13. The van der Waals surface area contributed by atoms with Gasteiger partial charge in [0.1, 0.15) is 24.0 Å². The maximum Gasteiger partial charge on any atom is 0.312 e. The smallest absolute Gasteiger partial charge is 0.312 e. The van der Waals surface area contributed by atoms with Crippen LogP contribution in [0.25, 0.3) is 10.8 Å². The second-order valence-electron chi connectivity index (χ2n) is 6.99. The number of ether oxygens (including phenoxy) is 1. The van der Waals surface area contributed by atoms with E-state index in [9.17, 15) is 9.90 Å². The number of carboxylic acid groups (broad SMARTS) is 1. The summed E-state index contributed by atoms with van der Waals surface area (Å²) in [5.41, 5.74) is 2.21. The molecule has 0 amide bonds. The van der Waals surface area contributed by atoms with Gasteiger partial charge in [-0.1, -0.05) is 23.4 Å². The quantitative estimate of drug-likeness (QED) is 0.332. The molecule has 0 saturated carbocycles. The number of hydrogen-bond donors (Lipinski definition) is 1. The van der Waals surface area contributed by atoms with Crippen molar-refractivity contribution >= 4 is 23.0 Å². The lowest BCUT2D eigenvalue weighted by atomic mass is 9.95. The second kappa shape index (κ2) is 10.8. The first kappa shape index (κ1) is 22.6. The third-order valence-corrected chi connectivity index (χ3v) is 5.59. The van der Waals surface area contributed by atoms with Crippen LogP contribution in [0.5, 0.6) is 5.75 Å². The van der Waals surface area contributed by atoms with Crippen LogP contribution in [-0.4, -0.2) is 35.0 Å². The molecule has 1 unspecified atom stereocenters. The summed E-state index contributed by atoms with van der Waals surface area (Å²) in [7, 11) is 0. The largest absolute Gasteiger partial charge is 0.493 e. The first-order chi connectivity index (χ1) is 15.0. The number of carboxylic acids is 1. The molecule has 0 radical (unpaired) electrons. The van der Waals surface area contributed by atoms with Crippen LogP contribution >= 0.6 is 11.3 Å². The molecule has 0 spiro atoms. The van der Waals surface area contributed by atoms with Crippen LogP contribution in [0.15, 0.2) is 51.4 Å². The lowest BCUT2D eigenvalue weighted by Crippen LogP contribution is -2.24. The molecule has 1 atom stereocenters. The number of carbonyl (C=O) groups is 1. The van der Waals surface area contributed by atoms with Gasteiger partial charge in [-0.2, -0.15) is 0 Å². The number of thiophene rings is 1. The Bertz CT molecular complexity index is 1010. The molecule has 2 heterocycles. The van der Waals surface area contributed by atoms with Crippen LogP contribution < -0.4 is 4.74 Å². The Hall–Kier alpha value is -3.13. The third kappa shape index (κ3) is 6.18. The number of nitrogens with zero attached hydrogens (tertiary/aromatic N) is 2. The number of rotatable bonds is 11. The van der Waals surface area contributed by atoms with Gasteiger partial charge in [0, 0.05) is 6.42 Å². The Labute approximate surface area is 185 Å². The molecule has 1 N–H and O–H groups in total. The van der Waals surface area contributed by atoms with Gasteiger partial charge in [-0.05, 0) is 56.3 Å². The zero-order valence-electron chi connectivity index (χ0n) is 17.8. The molecular weight excluding hydrogens is 416 g/mol. The van der Waals surface area contributed by atoms with E-state index in [-0.39, 0.29) is 0 Å². The summed E-state index contributed by atoms with van der Waals surface area (Å²) in [4.78, 5) is 22.1. The van der Waals surface area contributed by atoms with Crippen molar-refractivity contribution in [2.75, 3.05) is 13.2 Å². The monoisotopic (exact) mass is 442 g/mol. The van der Waals surface area contributed by atoms with Gasteiger partial charge in [0.25, 0.3) is 0 Å². The molecule has 8 heteroatoms. The van der Waals surface area contributed by atoms with E-state index in [4.69, 9.17) is 14.0 Å². The number of hydrogen-bond acceptors (Lipinski definition) is 7. The lowest BCUT2D eigenvalue weighted by molar-refractivity contribution is -0.139. The van der Waals surface area contributed by atoms with Crippen molar-refractivity contribution in [1.29, 1.82) is 0 Å². The van der Waals surface area contributed by atoms with Crippen LogP contribution in [0.1, 0.15) is 30.9 Å². The fourth-order valence-corrected chi connectivity index (χ4v) is 3.68. The Morgan fingerprint density at radius 1 is 1.29 bits per heavy atom. The molecule has 3 aromatic rings. The van der Waals surface area contributed by atoms with Crippen molar-refractivity contribution in [3.63, 3.8) is 0 Å². The highest BCUT2D eigenvalue weighted by atomic mass is 32.1. The summed E-state index contributed by atoms with van der Waals surface area (Å²) < 4.78 is 11.6. The van der Waals surface area contributed by atoms with Gasteiger partial charge >= 0.3 is 5.97 Å². The van der Waals surface area contributed by atoms with Crippen LogP contribution in [0.4, 0.5) is 0 Å². The summed E-state index contributed by atoms with van der Waals surface area (Å²) in [6.07, 6.45) is 0.971. The van der Waals surface area contributed by atoms with Crippen molar-refractivity contribution in [2.24, 2.45) is 11.1 Å². The van der Waals surface area contributed by atoms with E-state index in [1.165, 1.54) is 0 Å². The van der Waals surface area contributed by atoms with Crippen molar-refractivity contribution < 1.29 is 23.9 Å². The molecule has 0 aliphatic carbocycles. The second-order valence-corrected chi connectivity index (χ2v) is 7.93. The number of benzene rings is 1. The Kier molecular flexibility index (Phi) is 7.83. The normalized spacial score (nSPS) is 12.5. The highest BCUT2D eigenvalue weighted by Gasteiger charge is 2.22. The molecule has 164 valence electrons. The van der Waals surface area contributed by atoms with Gasteiger partial charge in [0.15, 0.2) is 0 Å². The van der Waals surface area contributed by atoms with E-state index in [0.29, 0.717) is 37.7 Å². The summed E-state index contributed by atoms with van der Waals surface area (Å²) >= 11 is 1.59. The third-order valence-electron chi connectivity index (χ3n) is 4.74. The summed E-state index contributed by atoms with van der Waals surface area (Å²) in [5.74, 6) is 0.501. The Morgan fingerprint density at radius 2 is 2.06 bits per heavy atom. The number of oxime groups is 1. The van der Waals surface area contributed by atoms with Crippen molar-refractivity contribution in [3.05, 3.63) is 58.8 Å². The maximum absolute atomic E-state index is 11.6. The molecule has 0 bridgehead atoms. The van der Waals surface area contributed by atoms with Crippen LogP contribution in [0.3, 0.4) is 0 Å². The van der Waals surface area contributed by atoms with Crippen molar-refractivity contribution in [2.45, 2.75) is 33.6 Å². The molecule has 0 aliphatic rings. The number of aliphatic carboxylic acids is 1. The summed E-state index contributed by atoms with van der Waals surface area (Å²) in [6.45, 7) is 6.25. The molecule has 3 rings (SSSR count). The highest BCUT2D eigenvalue weighted by Crippen LogP contribution is 2.26. The molecule has 0 fully saturated rings. The minimum absolute atomic E-state index is 0.335. The molecule has 31 heavy (non-hydrogen) atoms. The minimum Gasteiger partial charge on any atom is -0.493 e. The van der Waals surface area contributed by atoms with Crippen molar-refractivity contribution in [3.8, 4) is 16.5 Å². The van der Waals surface area contributed by atoms with Crippen LogP contribution in [-0.2, 0) is 22.5 Å². The van der Waals surface area contributed by atoms with Crippen LogP contribution in [0.2, 0.25) is 0 Å². The van der Waals surface area contributed by atoms with Gasteiger partial charge in [0.05, 0.1) is 22.9 Å². The molecule has 0 aliphatic heterocycles. The van der Waals surface area contributed by atoms with E-state index >= 15 is 0 Å². The summed E-state index contributed by atoms with van der Waals surface area (Å²) in [5, 5.41) is 15.4. The summed E-state index contributed by atoms with van der Waals surface area (Å²) in [6, 6.07) is 11.4. The molecule has 1 aromatic carbocycles. The first-order valence-corrected chi connectivity index (χ1v) is 11.0. The average Bonchev–Trinajstić information content (AvgIpc) is 3.41. The molecule has 0 saturated heterocycles. The predicted molar refractivity (Wildman–Crippen MR) is 120 cm³/mol. The number of oxazole rings is 1. The SMILES string of the molecule is CCON=C(C)C(Cc1ccc(OCCc2nc(-c3cccs3)oc2C)cc1)C(=O)O. The van der Waals surface area contributed by atoms with Gasteiger partial charge in [0.2, 0.25) is 5.89 Å². The number of aromatic nitrogens is 1. The zero-order chi connectivity index (χ0) is 22.2. The predicted octanol–water partition coefficient (Wildman–Crippen LogP) is 4.99. The van der Waals surface area contributed by atoms with Gasteiger partial charge in [-0.3, -0.25) is 4.79 Å². The van der Waals surface area contributed by atoms with E-state index in [1.807, 2.05) is 48.7 Å². The standard InChI is InChI=1S/C23H26N2O5S/c1-4-29-25-15(2)19(23(26)27)14-17-7-9-18(10-8-17)28-12-11-20-16(3)30-22(24-20)21-6-5-13-31-21/h5-10,13,19H,4,11-12,14H2,1-3H3,(H,26,27). The van der Waals surface area contributed by atoms with Gasteiger partial charge < -0.3 is 19.1 Å². The molecule has 7 nitrogen and oxygen atoms in total. The minimum atomic E-state index is -0.925. The Balaban J connectivity index is 1.54. The average molecular weight is 443 g/mol. The molecule has 2 aromatic heterocycles. The van der Waals surface area contributed by atoms with Crippen molar-refractivity contribution in [1.82, 2.24) is 4.98 Å². The van der Waals surface area contributed by atoms with E-state index in [0.717, 1.165) is 27.6 Å². The van der Waals surface area contributed by atoms with Crippen LogP contribution in [0, 0.1) is 12.8 Å². The molecular formula is C23H26N2O5S. The van der Waals surface area contributed by atoms with E-state index in [2.05, 4.69) is 10.1 Å². The fraction of sp³-hybridized carbons (Fsp3) is 0.348. The lowest BCUT2D eigenvalue weighted by Gasteiger charge is -2.12. The van der Waals surface area contributed by atoms with E-state index < -0.39 is 11.9 Å². The Morgan fingerprint density at radius 3 is 2.71 bits per heavy atom. The van der Waals surface area contributed by atoms with Gasteiger partial charge in [-0.25, -0.2) is 4.98 Å². The zero-order valence-corrected chi connectivity index (χ0v) is 18.6. The number of aryl methyl sites for hydroxylation is 1. The van der Waals surface area contributed by atoms with E-state index in [1.54, 1.807) is 25.2 Å². The maximum atomic E-state index is 11.6. The van der Waals surface area contributed by atoms with Gasteiger partial charge in [-0.15, -0.1) is 11.3 Å². The topological polar surface area (TPSA) is 94.2 Å². The first-order valence-electron chi connectivity index (χ1n) is 10.1. The fourth-order valence-electron chi connectivity index (χ4n) is 3.03.